The maximum Gasteiger partial charge on any atom is 0.408 e. The van der Waals surface area contributed by atoms with Gasteiger partial charge in [0.2, 0.25) is 0 Å². The van der Waals surface area contributed by atoms with Gasteiger partial charge in [0.25, 0.3) is 0 Å². The lowest BCUT2D eigenvalue weighted by molar-refractivity contribution is -0.136. The topological polar surface area (TPSA) is 90.6 Å². The van der Waals surface area contributed by atoms with E-state index in [-0.39, 0.29) is 0 Å². The molecular formula is C9H18N2O4. The molecule has 3 N–H and O–H groups in total. The molecule has 0 aliphatic rings. The molecule has 0 aromatic rings. The van der Waals surface area contributed by atoms with E-state index in [4.69, 9.17) is 10.5 Å². The molecule has 0 heterocycles. The summed E-state index contributed by atoms with van der Waals surface area (Å²) in [6.45, 7) is 4.48. The highest BCUT2D eigenvalue weighted by Crippen LogP contribution is 2.21. The summed E-state index contributed by atoms with van der Waals surface area (Å²) in [5.41, 5.74) is 3.17. The van der Waals surface area contributed by atoms with E-state index < -0.39 is 23.1 Å². The summed E-state index contributed by atoms with van der Waals surface area (Å²) in [4.78, 5) is 22.5. The number of rotatable bonds is 4. The predicted molar refractivity (Wildman–Crippen MR) is 54.2 cm³/mol. The van der Waals surface area contributed by atoms with Crippen molar-refractivity contribution in [2.75, 3.05) is 14.2 Å². The van der Waals surface area contributed by atoms with Crippen molar-refractivity contribution < 1.29 is 19.1 Å². The van der Waals surface area contributed by atoms with Gasteiger partial charge in [-0.1, -0.05) is 0 Å². The molecule has 6 heteroatoms. The van der Waals surface area contributed by atoms with Crippen molar-refractivity contribution in [3.8, 4) is 0 Å². The molecule has 0 unspecified atom stereocenters. The third-order valence-corrected chi connectivity index (χ3v) is 2.50. The molecule has 1 atom stereocenters. The summed E-state index contributed by atoms with van der Waals surface area (Å²) >= 11 is 0. The van der Waals surface area contributed by atoms with Gasteiger partial charge in [0.15, 0.2) is 11.4 Å². The summed E-state index contributed by atoms with van der Waals surface area (Å²) in [7, 11) is 2.60. The third kappa shape index (κ3) is 2.66. The number of nitrogens with two attached hydrogens (primary N) is 1. The van der Waals surface area contributed by atoms with Gasteiger partial charge in [-0.2, -0.15) is 0 Å². The highest BCUT2D eigenvalue weighted by molar-refractivity contribution is 5.90. The lowest BCUT2D eigenvalue weighted by Crippen LogP contribution is -2.72. The molecule has 0 fully saturated rings. The normalized spacial score (nSPS) is 15.3. The maximum atomic E-state index is 11.4. The van der Waals surface area contributed by atoms with E-state index in [1.165, 1.54) is 21.1 Å². The number of ketones is 1. The number of alkyl carbamates (subject to hydrolysis) is 1. The van der Waals surface area contributed by atoms with E-state index in [0.717, 1.165) is 0 Å². The van der Waals surface area contributed by atoms with Crippen LogP contribution in [-0.4, -0.2) is 37.4 Å². The Morgan fingerprint density at radius 2 is 1.73 bits per heavy atom. The van der Waals surface area contributed by atoms with Crippen molar-refractivity contribution in [3.05, 3.63) is 0 Å². The number of amides is 1. The minimum Gasteiger partial charge on any atom is -0.453 e. The molecular weight excluding hydrogens is 200 g/mol. The van der Waals surface area contributed by atoms with Gasteiger partial charge >= 0.3 is 6.09 Å². The molecule has 0 aromatic carbocycles. The molecule has 0 rings (SSSR count). The molecule has 1 amide bonds. The second-order valence-corrected chi connectivity index (χ2v) is 3.70. The number of carbonyl (C=O) groups is 2. The smallest absolute Gasteiger partial charge is 0.408 e. The molecule has 0 aliphatic carbocycles. The standard InChI is InChI=1S/C9H18N2O4/c1-6(12)9(10,8(2,3)15-5)11-7(13)14-4/h10H2,1-5H3,(H,11,13)/t9-/m1/s1. The zero-order valence-corrected chi connectivity index (χ0v) is 9.71. The zero-order chi connectivity index (χ0) is 12.3. The van der Waals surface area contributed by atoms with Crippen LogP contribution in [0, 0.1) is 0 Å². The Bertz CT molecular complexity index is 265. The van der Waals surface area contributed by atoms with Gasteiger partial charge in [-0.05, 0) is 20.8 Å². The van der Waals surface area contributed by atoms with E-state index >= 15 is 0 Å². The molecule has 0 saturated carbocycles. The SMILES string of the molecule is COC(=O)N[C@](N)(C(C)=O)C(C)(C)OC. The molecule has 0 radical (unpaired) electrons. The molecule has 15 heavy (non-hydrogen) atoms. The van der Waals surface area contributed by atoms with Gasteiger partial charge < -0.3 is 9.47 Å². The minimum atomic E-state index is -1.62. The van der Waals surface area contributed by atoms with Crippen LogP contribution in [0.25, 0.3) is 0 Å². The van der Waals surface area contributed by atoms with Crippen molar-refractivity contribution in [2.45, 2.75) is 32.0 Å². The average Bonchev–Trinajstić information content (AvgIpc) is 2.16. The van der Waals surface area contributed by atoms with Crippen molar-refractivity contribution in [3.63, 3.8) is 0 Å². The van der Waals surface area contributed by atoms with Gasteiger partial charge in [-0.15, -0.1) is 0 Å². The molecule has 88 valence electrons. The Morgan fingerprint density at radius 3 is 2.00 bits per heavy atom. The minimum absolute atomic E-state index is 0.417. The van der Waals surface area contributed by atoms with E-state index in [9.17, 15) is 9.59 Å². The maximum absolute atomic E-state index is 11.4. The highest BCUT2D eigenvalue weighted by atomic mass is 16.5. The molecule has 0 spiro atoms. The number of methoxy groups -OCH3 is 2. The summed E-state index contributed by atoms with van der Waals surface area (Å²) in [6, 6.07) is 0. The Kier molecular flexibility index (Phi) is 4.24. The number of ether oxygens (including phenoxy) is 2. The molecule has 0 aromatic heterocycles. The first-order valence-electron chi connectivity index (χ1n) is 4.42. The van der Waals surface area contributed by atoms with Crippen LogP contribution < -0.4 is 11.1 Å². The number of nitrogens with one attached hydrogen (secondary N) is 1. The number of Topliss-reactive ketones (excluding diaryl/α,β-unsaturated/α-hetero) is 1. The van der Waals surface area contributed by atoms with E-state index in [0.29, 0.717) is 0 Å². The lowest BCUT2D eigenvalue weighted by atomic mass is 9.88. The van der Waals surface area contributed by atoms with Crippen molar-refractivity contribution in [2.24, 2.45) is 5.73 Å². The summed E-state index contributed by atoms with van der Waals surface area (Å²) in [5.74, 6) is -0.417. The predicted octanol–water partition coefficient (Wildman–Crippen LogP) is 0.0114. The second-order valence-electron chi connectivity index (χ2n) is 3.70. The average molecular weight is 218 g/mol. The first kappa shape index (κ1) is 13.9. The first-order valence-corrected chi connectivity index (χ1v) is 4.42. The number of carbonyl (C=O) groups excluding carboxylic acids is 2. The van der Waals surface area contributed by atoms with Crippen LogP contribution in [0.1, 0.15) is 20.8 Å². The van der Waals surface area contributed by atoms with Crippen LogP contribution >= 0.6 is 0 Å². The quantitative estimate of drug-likeness (QED) is 0.649. The van der Waals surface area contributed by atoms with Gasteiger partial charge in [-0.25, -0.2) is 4.79 Å². The monoisotopic (exact) mass is 218 g/mol. The summed E-state index contributed by atoms with van der Waals surface area (Å²) in [5, 5.41) is 2.28. The van der Waals surface area contributed by atoms with Crippen molar-refractivity contribution >= 4 is 11.9 Å². The van der Waals surface area contributed by atoms with Gasteiger partial charge in [-0.3, -0.25) is 15.8 Å². The summed E-state index contributed by atoms with van der Waals surface area (Å²) < 4.78 is 9.49. The van der Waals surface area contributed by atoms with E-state index in [2.05, 4.69) is 10.1 Å². The molecule has 6 nitrogen and oxygen atoms in total. The van der Waals surface area contributed by atoms with Crippen LogP contribution in [0.15, 0.2) is 0 Å². The number of hydrogen-bond acceptors (Lipinski definition) is 5. The van der Waals surface area contributed by atoms with Crippen LogP contribution in [0.5, 0.6) is 0 Å². The van der Waals surface area contributed by atoms with Crippen LogP contribution in [0.3, 0.4) is 0 Å². The van der Waals surface area contributed by atoms with Crippen molar-refractivity contribution in [1.29, 1.82) is 0 Å². The molecule has 0 aliphatic heterocycles. The summed E-state index contributed by atoms with van der Waals surface area (Å²) in [6.07, 6.45) is -0.780. The second kappa shape index (κ2) is 4.59. The fourth-order valence-electron chi connectivity index (χ4n) is 1.04. The van der Waals surface area contributed by atoms with Crippen LogP contribution in [-0.2, 0) is 14.3 Å². The number of hydrogen-bond donors (Lipinski definition) is 2. The Hall–Kier alpha value is -1.14. The fourth-order valence-corrected chi connectivity index (χ4v) is 1.04. The van der Waals surface area contributed by atoms with E-state index in [1.54, 1.807) is 13.8 Å². The largest absolute Gasteiger partial charge is 0.453 e. The highest BCUT2D eigenvalue weighted by Gasteiger charge is 2.48. The fraction of sp³-hybridized carbons (Fsp3) is 0.778. The Balaban J connectivity index is 5.07. The Labute approximate surface area is 89.1 Å². The third-order valence-electron chi connectivity index (χ3n) is 2.50. The van der Waals surface area contributed by atoms with Crippen LogP contribution in [0.4, 0.5) is 4.79 Å². The van der Waals surface area contributed by atoms with Crippen LogP contribution in [0.2, 0.25) is 0 Å². The van der Waals surface area contributed by atoms with Crippen molar-refractivity contribution in [1.82, 2.24) is 5.32 Å². The molecule has 0 saturated heterocycles. The van der Waals surface area contributed by atoms with E-state index in [1.807, 2.05) is 0 Å². The van der Waals surface area contributed by atoms with Gasteiger partial charge in [0.05, 0.1) is 7.11 Å². The first-order chi connectivity index (χ1) is 6.71. The molecule has 0 bridgehead atoms. The van der Waals surface area contributed by atoms with Gasteiger partial charge in [0, 0.05) is 7.11 Å². The zero-order valence-electron chi connectivity index (χ0n) is 9.71. The Morgan fingerprint density at radius 1 is 1.27 bits per heavy atom. The lowest BCUT2D eigenvalue weighted by Gasteiger charge is -2.40. The van der Waals surface area contributed by atoms with Gasteiger partial charge in [0.1, 0.15) is 5.60 Å².